The van der Waals surface area contributed by atoms with E-state index in [0.29, 0.717) is 5.92 Å². The average Bonchev–Trinajstić information content (AvgIpc) is 2.40. The molecule has 24 heavy (non-hydrogen) atoms. The van der Waals surface area contributed by atoms with Crippen LogP contribution in [0.5, 0.6) is 0 Å². The maximum Gasteiger partial charge on any atom is 0.205 e. The van der Waals surface area contributed by atoms with E-state index in [-0.39, 0.29) is 11.5 Å². The molecule has 0 aliphatic heterocycles. The van der Waals surface area contributed by atoms with Crippen LogP contribution in [0.15, 0.2) is 18.2 Å². The lowest BCUT2D eigenvalue weighted by atomic mass is 9.80. The van der Waals surface area contributed by atoms with Crippen molar-refractivity contribution in [1.29, 1.82) is 0 Å². The molecule has 3 heteroatoms. The fourth-order valence-corrected chi connectivity index (χ4v) is 4.06. The normalized spacial score (nSPS) is 13.8. The minimum absolute atomic E-state index is 0.0805. The zero-order chi connectivity index (χ0) is 18.7. The Labute approximate surface area is 153 Å². The van der Waals surface area contributed by atoms with Gasteiger partial charge in [0.15, 0.2) is 0 Å². The second-order valence-electron chi connectivity index (χ2n) is 9.27. The van der Waals surface area contributed by atoms with E-state index in [0.717, 1.165) is 5.56 Å². The molecule has 1 rings (SSSR count). The van der Waals surface area contributed by atoms with Gasteiger partial charge in [0.2, 0.25) is 9.04 Å². The minimum atomic E-state index is -1.35. The molecule has 0 spiro atoms. The minimum Gasteiger partial charge on any atom is -0.410 e. The second-order valence-corrected chi connectivity index (χ2v) is 16.1. The Hall–Kier alpha value is -0.826. The Morgan fingerprint density at radius 2 is 1.62 bits per heavy atom. The van der Waals surface area contributed by atoms with Crippen LogP contribution in [0.25, 0.3) is 0 Å². The summed E-state index contributed by atoms with van der Waals surface area (Å²) >= 11 is 0. The highest BCUT2D eigenvalue weighted by atomic mass is 28.3. The van der Waals surface area contributed by atoms with Crippen molar-refractivity contribution in [1.82, 2.24) is 0 Å². The fraction of sp³-hybridized carbons (Fsp3) is 0.619. The molecule has 0 aromatic heterocycles. The topological polar surface area (TPSA) is 9.23 Å². The van der Waals surface area contributed by atoms with Crippen LogP contribution in [0.1, 0.15) is 63.3 Å². The quantitative estimate of drug-likeness (QED) is 0.447. The van der Waals surface area contributed by atoms with E-state index in [9.17, 15) is 0 Å². The van der Waals surface area contributed by atoms with Gasteiger partial charge >= 0.3 is 0 Å². The summed E-state index contributed by atoms with van der Waals surface area (Å²) in [5.74, 6) is 3.87. The first-order valence-corrected chi connectivity index (χ1v) is 14.9. The first-order valence-electron chi connectivity index (χ1n) is 8.95. The molecule has 1 radical (unpaired) electrons. The van der Waals surface area contributed by atoms with E-state index >= 15 is 0 Å². The average molecular weight is 360 g/mol. The van der Waals surface area contributed by atoms with Crippen molar-refractivity contribution in [2.45, 2.75) is 79.4 Å². The smallest absolute Gasteiger partial charge is 0.205 e. The van der Waals surface area contributed by atoms with E-state index in [1.807, 2.05) is 0 Å². The van der Waals surface area contributed by atoms with E-state index in [4.69, 9.17) is 4.43 Å². The summed E-state index contributed by atoms with van der Waals surface area (Å²) in [5, 5.41) is 0. The molecule has 0 fully saturated rings. The molecular formula is C21H35OSi2. The van der Waals surface area contributed by atoms with Crippen LogP contribution in [0.4, 0.5) is 0 Å². The largest absolute Gasteiger partial charge is 0.410 e. The fourth-order valence-electron chi connectivity index (χ4n) is 2.59. The van der Waals surface area contributed by atoms with E-state index in [2.05, 4.69) is 97.0 Å². The lowest BCUT2D eigenvalue weighted by Gasteiger charge is -2.35. The molecule has 0 amide bonds. The summed E-state index contributed by atoms with van der Waals surface area (Å²) in [6, 6.07) is 6.71. The highest BCUT2D eigenvalue weighted by Gasteiger charge is 2.30. The first-order chi connectivity index (χ1) is 10.8. The lowest BCUT2D eigenvalue weighted by Crippen LogP contribution is -2.27. The molecule has 0 bridgehead atoms. The summed E-state index contributed by atoms with van der Waals surface area (Å²) in [4.78, 5) is 0. The van der Waals surface area contributed by atoms with Crippen molar-refractivity contribution in [2.24, 2.45) is 5.41 Å². The Morgan fingerprint density at radius 1 is 1.04 bits per heavy atom. The molecule has 0 aliphatic carbocycles. The highest BCUT2D eigenvalue weighted by molar-refractivity contribution is 6.83. The van der Waals surface area contributed by atoms with Gasteiger partial charge in [-0.15, -0.1) is 5.54 Å². The zero-order valence-electron chi connectivity index (χ0n) is 17.3. The number of rotatable bonds is 4. The molecule has 1 aromatic carbocycles. The van der Waals surface area contributed by atoms with Gasteiger partial charge in [-0.25, -0.2) is 0 Å². The molecular weight excluding hydrogens is 324 g/mol. The maximum absolute atomic E-state index is 6.42. The SMILES string of the molecule is CC(C)c1cc(C#C[Si](C)(C)C)ccc1C(O[Si](C)C)C(C)(C)C. The van der Waals surface area contributed by atoms with Crippen molar-refractivity contribution in [3.63, 3.8) is 0 Å². The van der Waals surface area contributed by atoms with Crippen molar-refractivity contribution in [3.8, 4) is 11.5 Å². The molecule has 0 saturated heterocycles. The molecule has 1 aromatic rings. The number of benzene rings is 1. The van der Waals surface area contributed by atoms with Crippen molar-refractivity contribution in [3.05, 3.63) is 34.9 Å². The molecule has 0 aliphatic rings. The monoisotopic (exact) mass is 359 g/mol. The van der Waals surface area contributed by atoms with E-state index in [1.54, 1.807) is 0 Å². The summed E-state index contributed by atoms with van der Waals surface area (Å²) in [6.07, 6.45) is 0.137. The van der Waals surface area contributed by atoms with Gasteiger partial charge in [0.1, 0.15) is 8.07 Å². The maximum atomic E-state index is 6.42. The second kappa shape index (κ2) is 8.04. The summed E-state index contributed by atoms with van der Waals surface area (Å²) in [6.45, 7) is 22.6. The third kappa shape index (κ3) is 6.59. The highest BCUT2D eigenvalue weighted by Crippen LogP contribution is 2.40. The molecule has 1 unspecified atom stereocenters. The van der Waals surface area contributed by atoms with Crippen molar-refractivity contribution < 1.29 is 4.43 Å². The van der Waals surface area contributed by atoms with Crippen LogP contribution in [0, 0.1) is 16.9 Å². The third-order valence-corrected chi connectivity index (χ3v) is 5.30. The van der Waals surface area contributed by atoms with Gasteiger partial charge in [-0.3, -0.25) is 0 Å². The molecule has 0 saturated carbocycles. The summed E-state index contributed by atoms with van der Waals surface area (Å²) in [5.41, 5.74) is 7.40. The third-order valence-electron chi connectivity index (χ3n) is 3.71. The van der Waals surface area contributed by atoms with Crippen molar-refractivity contribution >= 4 is 17.1 Å². The summed E-state index contributed by atoms with van der Waals surface area (Å²) < 4.78 is 6.42. The van der Waals surface area contributed by atoms with Gasteiger partial charge in [0.05, 0.1) is 6.10 Å². The van der Waals surface area contributed by atoms with Gasteiger partial charge in [-0.05, 0) is 47.7 Å². The van der Waals surface area contributed by atoms with Gasteiger partial charge < -0.3 is 4.43 Å². The number of hydrogen-bond acceptors (Lipinski definition) is 1. The van der Waals surface area contributed by atoms with Crippen LogP contribution in [0.2, 0.25) is 32.7 Å². The van der Waals surface area contributed by atoms with Crippen LogP contribution in [0.3, 0.4) is 0 Å². The number of hydrogen-bond donors (Lipinski definition) is 0. The first kappa shape index (κ1) is 21.2. The van der Waals surface area contributed by atoms with Crippen LogP contribution < -0.4 is 0 Å². The predicted molar refractivity (Wildman–Crippen MR) is 112 cm³/mol. The van der Waals surface area contributed by atoms with Gasteiger partial charge in [-0.1, -0.05) is 66.2 Å². The van der Waals surface area contributed by atoms with Gasteiger partial charge in [0.25, 0.3) is 0 Å². The van der Waals surface area contributed by atoms with Crippen LogP contribution in [-0.4, -0.2) is 17.1 Å². The van der Waals surface area contributed by atoms with Gasteiger partial charge in [0, 0.05) is 5.56 Å². The molecule has 0 heterocycles. The molecule has 133 valence electrons. The molecule has 1 atom stereocenters. The Morgan fingerprint density at radius 3 is 2.04 bits per heavy atom. The van der Waals surface area contributed by atoms with E-state index in [1.165, 1.54) is 11.1 Å². The lowest BCUT2D eigenvalue weighted by molar-refractivity contribution is 0.0855. The van der Waals surface area contributed by atoms with Gasteiger partial charge in [-0.2, -0.15) is 0 Å². The Bertz CT molecular complexity index is 607. The van der Waals surface area contributed by atoms with Crippen LogP contribution >= 0.6 is 0 Å². The predicted octanol–water partition coefficient (Wildman–Crippen LogP) is 6.39. The van der Waals surface area contributed by atoms with E-state index < -0.39 is 17.1 Å². The zero-order valence-corrected chi connectivity index (χ0v) is 19.3. The van der Waals surface area contributed by atoms with Crippen molar-refractivity contribution in [2.75, 3.05) is 0 Å². The molecule has 1 nitrogen and oxygen atoms in total. The Balaban J connectivity index is 3.39. The van der Waals surface area contributed by atoms with Crippen LogP contribution in [-0.2, 0) is 4.43 Å². The summed E-state index contributed by atoms with van der Waals surface area (Å²) in [7, 11) is -2.12. The Kier molecular flexibility index (Phi) is 7.10. The molecule has 0 N–H and O–H groups in total. The standard InChI is InChI=1S/C21H35OSi2/c1-16(2)19-15-17(13-14-24(8,9)10)11-12-18(19)20(21(3,4)5)22-23(6)7/h11-12,15-16,20H,1-10H3.